The smallest absolute Gasteiger partial charge is 0.261 e. The SMILES string of the molecule is CC(CCC(=O)NC=O)N1C(=O)c2ccc(N3CCC(CN4CCC(CN5CCN6C(/C=C(\N)c7ccccc7O)=C(N)NCC6C5)CC4CO)CC3)cc2C1=O. The summed E-state index contributed by atoms with van der Waals surface area (Å²) >= 11 is 0. The molecule has 15 nitrogen and oxygen atoms in total. The van der Waals surface area contributed by atoms with E-state index in [1.165, 1.54) is 4.90 Å². The second-order valence-electron chi connectivity index (χ2n) is 16.3. The van der Waals surface area contributed by atoms with Crippen LogP contribution in [0.15, 0.2) is 60.1 Å². The number of benzene rings is 2. The Morgan fingerprint density at radius 1 is 1.00 bits per heavy atom. The zero-order valence-corrected chi connectivity index (χ0v) is 32.8. The number of imide groups is 2. The summed E-state index contributed by atoms with van der Waals surface area (Å²) in [5, 5.41) is 26.3. The number of rotatable bonds is 13. The van der Waals surface area contributed by atoms with Gasteiger partial charge in [0.05, 0.1) is 29.5 Å². The van der Waals surface area contributed by atoms with Crippen molar-refractivity contribution in [2.45, 2.75) is 63.6 Å². The Kier molecular flexibility index (Phi) is 12.4. The van der Waals surface area contributed by atoms with Crippen molar-refractivity contribution in [1.82, 2.24) is 30.2 Å². The maximum atomic E-state index is 13.4. The molecule has 7 rings (SSSR count). The number of fused-ring (bicyclic) bond motifs is 2. The first-order valence-electron chi connectivity index (χ1n) is 20.4. The Morgan fingerprint density at radius 3 is 2.51 bits per heavy atom. The molecule has 0 aliphatic carbocycles. The summed E-state index contributed by atoms with van der Waals surface area (Å²) in [7, 11) is 0. The lowest BCUT2D eigenvalue weighted by Gasteiger charge is -2.48. The normalized spacial score (nSPS) is 24.3. The van der Waals surface area contributed by atoms with Gasteiger partial charge in [-0.1, -0.05) is 12.1 Å². The van der Waals surface area contributed by atoms with Gasteiger partial charge in [0.1, 0.15) is 11.6 Å². The number of allylic oxidation sites excluding steroid dienone is 1. The number of amides is 4. The van der Waals surface area contributed by atoms with Crippen LogP contribution in [0.4, 0.5) is 5.69 Å². The second kappa shape index (κ2) is 17.6. The van der Waals surface area contributed by atoms with Crippen LogP contribution in [0.5, 0.6) is 5.75 Å². The number of anilines is 1. The molecule has 5 heterocycles. The number of nitrogens with one attached hydrogen (secondary N) is 2. The fourth-order valence-electron chi connectivity index (χ4n) is 9.45. The molecule has 57 heavy (non-hydrogen) atoms. The minimum atomic E-state index is -0.481. The van der Waals surface area contributed by atoms with E-state index in [1.54, 1.807) is 31.2 Å². The molecule has 3 saturated heterocycles. The molecule has 0 saturated carbocycles. The average molecular weight is 784 g/mol. The molecule has 0 aromatic heterocycles. The van der Waals surface area contributed by atoms with Gasteiger partial charge in [-0.05, 0) is 93.8 Å². The first kappa shape index (κ1) is 40.1. The number of aliphatic hydroxyl groups is 1. The molecule has 4 amide bonds. The topological polar surface area (TPSA) is 201 Å². The third-order valence-electron chi connectivity index (χ3n) is 12.7. The summed E-state index contributed by atoms with van der Waals surface area (Å²) in [6.45, 7) is 9.92. The molecule has 2 aromatic carbocycles. The molecule has 4 atom stereocenters. The summed E-state index contributed by atoms with van der Waals surface area (Å²) in [6, 6.07) is 12.4. The minimum absolute atomic E-state index is 0.0379. The van der Waals surface area contributed by atoms with Crippen molar-refractivity contribution >= 4 is 35.5 Å². The van der Waals surface area contributed by atoms with Crippen LogP contribution in [-0.2, 0) is 9.59 Å². The summed E-state index contributed by atoms with van der Waals surface area (Å²) in [6.07, 6.45) is 6.58. The number of nitrogens with zero attached hydrogens (tertiary/aromatic N) is 5. The lowest BCUT2D eigenvalue weighted by molar-refractivity contribution is -0.125. The maximum Gasteiger partial charge on any atom is 0.261 e. The van der Waals surface area contributed by atoms with Gasteiger partial charge < -0.3 is 36.8 Å². The van der Waals surface area contributed by atoms with E-state index >= 15 is 0 Å². The molecule has 0 spiro atoms. The van der Waals surface area contributed by atoms with E-state index < -0.39 is 11.9 Å². The number of aromatic hydroxyl groups is 1. The minimum Gasteiger partial charge on any atom is -0.507 e. The van der Waals surface area contributed by atoms with E-state index in [-0.39, 0.29) is 49.1 Å². The van der Waals surface area contributed by atoms with Crippen LogP contribution in [0.25, 0.3) is 5.70 Å². The van der Waals surface area contributed by atoms with Crippen molar-refractivity contribution < 1.29 is 29.4 Å². The van der Waals surface area contributed by atoms with Crippen LogP contribution < -0.4 is 27.0 Å². The van der Waals surface area contributed by atoms with E-state index in [0.29, 0.717) is 46.5 Å². The summed E-state index contributed by atoms with van der Waals surface area (Å²) in [5.41, 5.74) is 16.5. The lowest BCUT2D eigenvalue weighted by atomic mass is 9.88. The Bertz CT molecular complexity index is 1890. The third-order valence-corrected chi connectivity index (χ3v) is 12.7. The van der Waals surface area contributed by atoms with Crippen molar-refractivity contribution in [2.24, 2.45) is 23.3 Å². The highest BCUT2D eigenvalue weighted by molar-refractivity contribution is 6.22. The van der Waals surface area contributed by atoms with Crippen LogP contribution in [0.2, 0.25) is 0 Å². The van der Waals surface area contributed by atoms with Crippen LogP contribution in [-0.4, -0.2) is 138 Å². The molecule has 4 unspecified atom stereocenters. The van der Waals surface area contributed by atoms with Crippen molar-refractivity contribution in [3.05, 3.63) is 76.7 Å². The highest BCUT2D eigenvalue weighted by Crippen LogP contribution is 2.34. The van der Waals surface area contributed by atoms with Gasteiger partial charge in [-0.3, -0.25) is 39.2 Å². The Hall–Kier alpha value is -5.12. The fourth-order valence-corrected chi connectivity index (χ4v) is 9.45. The maximum absolute atomic E-state index is 13.4. The molecule has 8 N–H and O–H groups in total. The highest BCUT2D eigenvalue weighted by atomic mass is 16.3. The van der Waals surface area contributed by atoms with E-state index in [9.17, 15) is 29.4 Å². The number of carbonyl (C=O) groups is 4. The van der Waals surface area contributed by atoms with Gasteiger partial charge in [-0.15, -0.1) is 0 Å². The Balaban J connectivity index is 0.874. The molecule has 15 heteroatoms. The lowest BCUT2D eigenvalue weighted by Crippen LogP contribution is -2.60. The van der Waals surface area contributed by atoms with Crippen molar-refractivity contribution in [3.8, 4) is 5.75 Å². The number of hydrogen-bond donors (Lipinski definition) is 6. The second-order valence-corrected chi connectivity index (χ2v) is 16.3. The van der Waals surface area contributed by atoms with Crippen molar-refractivity contribution in [2.75, 3.05) is 70.4 Å². The summed E-state index contributed by atoms with van der Waals surface area (Å²) in [5.74, 6) is 0.603. The predicted octanol–water partition coefficient (Wildman–Crippen LogP) is 1.44. The van der Waals surface area contributed by atoms with Crippen LogP contribution >= 0.6 is 0 Å². The first-order chi connectivity index (χ1) is 27.5. The Morgan fingerprint density at radius 2 is 1.75 bits per heavy atom. The number of carbonyl (C=O) groups excluding carboxylic acids is 4. The van der Waals surface area contributed by atoms with Gasteiger partial charge >= 0.3 is 0 Å². The van der Waals surface area contributed by atoms with Gasteiger partial charge in [0.2, 0.25) is 12.3 Å². The molecule has 5 aliphatic rings. The van der Waals surface area contributed by atoms with Gasteiger partial charge in [-0.25, -0.2) is 0 Å². The number of hydrogen-bond acceptors (Lipinski definition) is 13. The van der Waals surface area contributed by atoms with Crippen LogP contribution in [0.1, 0.15) is 71.7 Å². The number of piperidine rings is 2. The van der Waals surface area contributed by atoms with Gasteiger partial charge in [0.25, 0.3) is 11.8 Å². The zero-order chi connectivity index (χ0) is 40.2. The highest BCUT2D eigenvalue weighted by Gasteiger charge is 2.40. The van der Waals surface area contributed by atoms with E-state index in [4.69, 9.17) is 11.5 Å². The fraction of sp³-hybridized carbons (Fsp3) is 0.524. The number of phenolic OH excluding ortho intramolecular Hbond substituents is 1. The van der Waals surface area contributed by atoms with E-state index in [1.807, 2.05) is 24.3 Å². The van der Waals surface area contributed by atoms with Crippen LogP contribution in [0, 0.1) is 11.8 Å². The molecular weight excluding hydrogens is 727 g/mol. The van der Waals surface area contributed by atoms with Gasteiger partial charge in [0, 0.05) is 87.8 Å². The third kappa shape index (κ3) is 8.75. The summed E-state index contributed by atoms with van der Waals surface area (Å²) < 4.78 is 0. The molecule has 306 valence electrons. The largest absolute Gasteiger partial charge is 0.507 e. The number of nitrogens with two attached hydrogens (primary N) is 2. The van der Waals surface area contributed by atoms with Gasteiger partial charge in [0.15, 0.2) is 0 Å². The number of para-hydroxylation sites is 1. The summed E-state index contributed by atoms with van der Waals surface area (Å²) in [4.78, 5) is 59.7. The van der Waals surface area contributed by atoms with Gasteiger partial charge in [-0.2, -0.15) is 0 Å². The molecule has 0 bridgehead atoms. The van der Waals surface area contributed by atoms with Crippen LogP contribution in [0.3, 0.4) is 0 Å². The molecule has 5 aliphatic heterocycles. The molecular formula is C42H57N9O6. The number of aliphatic hydroxyl groups excluding tert-OH is 1. The quantitative estimate of drug-likeness (QED) is 0.126. The zero-order valence-electron chi connectivity index (χ0n) is 32.8. The number of piperazine rings is 1. The molecule has 3 fully saturated rings. The van der Waals surface area contributed by atoms with Crippen molar-refractivity contribution in [3.63, 3.8) is 0 Å². The van der Waals surface area contributed by atoms with E-state index in [0.717, 1.165) is 96.0 Å². The predicted molar refractivity (Wildman–Crippen MR) is 216 cm³/mol. The first-order valence-corrected chi connectivity index (χ1v) is 20.4. The molecule has 0 radical (unpaired) electrons. The average Bonchev–Trinajstić information content (AvgIpc) is 3.47. The number of likely N-dealkylation sites (tertiary alicyclic amines) is 1. The monoisotopic (exact) mass is 783 g/mol. The van der Waals surface area contributed by atoms with E-state index in [2.05, 4.69) is 30.2 Å². The molecule has 2 aromatic rings. The standard InChI is InChI=1S/C42H57N9O6/c1-27(6-9-39(55)46-26-53)51-41(56)33-8-7-30(19-35(33)42(51)57)48-13-10-28(11-14-48)23-49-15-12-29(18-31(49)25-52)22-47-16-17-50-32(24-47)21-45-40(44)37(50)20-36(43)34-4-2-3-5-38(34)54/h2-5,7-8,19-20,26-29,31-32,45,52,54H,6,9-18,21-25,43-44H2,1H3,(H,46,53,55)/b36-20-. The Labute approximate surface area is 334 Å². The number of phenols is 1. The van der Waals surface area contributed by atoms with Crippen molar-refractivity contribution in [1.29, 1.82) is 0 Å².